The maximum absolute atomic E-state index is 12.4. The molecule has 2 atom stereocenters. The zero-order valence-corrected chi connectivity index (χ0v) is 18.4. The van der Waals surface area contributed by atoms with Gasteiger partial charge in [-0.3, -0.25) is 0 Å². The first kappa shape index (κ1) is 22.2. The minimum Gasteiger partial charge on any atom is -0.496 e. The first-order chi connectivity index (χ1) is 14.2. The van der Waals surface area contributed by atoms with Gasteiger partial charge in [-0.15, -0.1) is 0 Å². The summed E-state index contributed by atoms with van der Waals surface area (Å²) in [5.74, 6) is -0.0808. The van der Waals surface area contributed by atoms with Crippen LogP contribution in [0.15, 0.2) is 12.1 Å². The normalized spacial score (nSPS) is 21.3. The molecule has 1 amide bonds. The highest BCUT2D eigenvalue weighted by Crippen LogP contribution is 2.45. The lowest BCUT2D eigenvalue weighted by Gasteiger charge is -2.37. The van der Waals surface area contributed by atoms with Crippen molar-refractivity contribution in [2.24, 2.45) is 0 Å². The molecule has 2 heterocycles. The molecule has 3 rings (SSSR count). The van der Waals surface area contributed by atoms with Crippen LogP contribution in [0.1, 0.15) is 42.8 Å². The predicted molar refractivity (Wildman–Crippen MR) is 109 cm³/mol. The van der Waals surface area contributed by atoms with Crippen LogP contribution in [-0.2, 0) is 18.9 Å². The summed E-state index contributed by atoms with van der Waals surface area (Å²) in [7, 11) is 4.40. The molecule has 1 aromatic rings. The van der Waals surface area contributed by atoms with Gasteiger partial charge in [-0.05, 0) is 26.8 Å². The van der Waals surface area contributed by atoms with Gasteiger partial charge in [0.1, 0.15) is 23.0 Å². The molecule has 0 N–H and O–H groups in total. The molecule has 1 aromatic carbocycles. The van der Waals surface area contributed by atoms with Crippen LogP contribution in [0.5, 0.6) is 5.75 Å². The van der Waals surface area contributed by atoms with Crippen LogP contribution in [0.2, 0.25) is 0 Å². The third-order valence-electron chi connectivity index (χ3n) is 5.01. The SMILES string of the molecule is COC(=O)c1c(OC)cc(N2CCN(C(=O)OC(C)(C)C)CC2)cc1C1OC1OC. The molecule has 9 heteroatoms. The van der Waals surface area contributed by atoms with E-state index in [2.05, 4.69) is 4.90 Å². The highest BCUT2D eigenvalue weighted by Gasteiger charge is 2.44. The van der Waals surface area contributed by atoms with Crippen LogP contribution in [0.4, 0.5) is 10.5 Å². The molecule has 2 aliphatic rings. The number of rotatable bonds is 5. The number of carbonyl (C=O) groups is 2. The van der Waals surface area contributed by atoms with Crippen molar-refractivity contribution in [2.45, 2.75) is 38.8 Å². The Bertz CT molecular complexity index is 797. The summed E-state index contributed by atoms with van der Waals surface area (Å²) in [5, 5.41) is 0. The van der Waals surface area contributed by atoms with Crippen LogP contribution in [0.25, 0.3) is 0 Å². The van der Waals surface area contributed by atoms with E-state index in [-0.39, 0.29) is 12.2 Å². The number of amides is 1. The molecule has 2 aliphatic heterocycles. The quantitative estimate of drug-likeness (QED) is 0.528. The Hall–Kier alpha value is -2.52. The molecule has 0 aliphatic carbocycles. The van der Waals surface area contributed by atoms with Gasteiger partial charge in [0.05, 0.1) is 14.2 Å². The lowest BCUT2D eigenvalue weighted by molar-refractivity contribution is 0.0240. The number of methoxy groups -OCH3 is 3. The van der Waals surface area contributed by atoms with E-state index in [1.54, 1.807) is 12.0 Å². The Morgan fingerprint density at radius 3 is 2.23 bits per heavy atom. The zero-order valence-electron chi connectivity index (χ0n) is 18.4. The molecular formula is C21H30N2O7. The van der Waals surface area contributed by atoms with E-state index in [0.717, 1.165) is 5.69 Å². The summed E-state index contributed by atoms with van der Waals surface area (Å²) in [4.78, 5) is 28.5. The van der Waals surface area contributed by atoms with Gasteiger partial charge in [-0.1, -0.05) is 0 Å². The summed E-state index contributed by atoms with van der Waals surface area (Å²) in [6.07, 6.45) is -1.07. The van der Waals surface area contributed by atoms with E-state index in [0.29, 0.717) is 43.1 Å². The average Bonchev–Trinajstić information content (AvgIpc) is 3.51. The molecular weight excluding hydrogens is 392 g/mol. The summed E-state index contributed by atoms with van der Waals surface area (Å²) in [5.41, 5.74) is 1.35. The number of carbonyl (C=O) groups excluding carboxylic acids is 2. The van der Waals surface area contributed by atoms with Crippen LogP contribution in [-0.4, -0.2) is 76.4 Å². The van der Waals surface area contributed by atoms with Crippen molar-refractivity contribution in [1.82, 2.24) is 4.90 Å². The van der Waals surface area contributed by atoms with Gasteiger partial charge in [0.15, 0.2) is 6.29 Å². The molecule has 2 saturated heterocycles. The zero-order chi connectivity index (χ0) is 22.1. The van der Waals surface area contributed by atoms with Crippen molar-refractivity contribution in [3.8, 4) is 5.75 Å². The second kappa shape index (κ2) is 8.69. The Kier molecular flexibility index (Phi) is 6.42. The summed E-state index contributed by atoms with van der Waals surface area (Å²) >= 11 is 0. The lowest BCUT2D eigenvalue weighted by atomic mass is 10.0. The minimum absolute atomic E-state index is 0.309. The van der Waals surface area contributed by atoms with Crippen molar-refractivity contribution in [1.29, 1.82) is 0 Å². The first-order valence-electron chi connectivity index (χ1n) is 9.90. The topological polar surface area (TPSA) is 90.1 Å². The Labute approximate surface area is 176 Å². The Morgan fingerprint density at radius 2 is 1.73 bits per heavy atom. The molecule has 0 radical (unpaired) electrons. The summed E-state index contributed by atoms with van der Waals surface area (Å²) < 4.78 is 26.7. The number of ether oxygens (including phenoxy) is 5. The smallest absolute Gasteiger partial charge is 0.410 e. The maximum Gasteiger partial charge on any atom is 0.410 e. The minimum atomic E-state index is -0.525. The van der Waals surface area contributed by atoms with Gasteiger partial charge in [0.25, 0.3) is 0 Å². The van der Waals surface area contributed by atoms with Gasteiger partial charge in [-0.25, -0.2) is 9.59 Å². The number of anilines is 1. The number of hydrogen-bond acceptors (Lipinski definition) is 8. The predicted octanol–water partition coefficient (Wildman–Crippen LogP) is 2.58. The van der Waals surface area contributed by atoms with Gasteiger partial charge in [0, 0.05) is 50.6 Å². The fourth-order valence-electron chi connectivity index (χ4n) is 3.48. The molecule has 30 heavy (non-hydrogen) atoms. The monoisotopic (exact) mass is 422 g/mol. The van der Waals surface area contributed by atoms with E-state index in [4.69, 9.17) is 23.7 Å². The largest absolute Gasteiger partial charge is 0.496 e. The van der Waals surface area contributed by atoms with E-state index in [9.17, 15) is 9.59 Å². The number of nitrogens with zero attached hydrogens (tertiary/aromatic N) is 2. The molecule has 9 nitrogen and oxygen atoms in total. The lowest BCUT2D eigenvalue weighted by Crippen LogP contribution is -2.50. The van der Waals surface area contributed by atoms with Crippen LogP contribution in [0, 0.1) is 0 Å². The van der Waals surface area contributed by atoms with Crippen molar-refractivity contribution in [2.75, 3.05) is 52.4 Å². The number of benzene rings is 1. The highest BCUT2D eigenvalue weighted by molar-refractivity contribution is 5.95. The Balaban J connectivity index is 1.81. The third kappa shape index (κ3) is 4.79. The first-order valence-corrected chi connectivity index (χ1v) is 9.90. The highest BCUT2D eigenvalue weighted by atomic mass is 16.8. The van der Waals surface area contributed by atoms with Crippen LogP contribution >= 0.6 is 0 Å². The molecule has 0 spiro atoms. The van der Waals surface area contributed by atoms with Crippen molar-refractivity contribution in [3.05, 3.63) is 23.3 Å². The fourth-order valence-corrected chi connectivity index (χ4v) is 3.48. The summed E-state index contributed by atoms with van der Waals surface area (Å²) in [6, 6.07) is 3.71. The number of epoxide rings is 1. The second-order valence-electron chi connectivity index (χ2n) is 8.22. The molecule has 0 aromatic heterocycles. The Morgan fingerprint density at radius 1 is 1.07 bits per heavy atom. The van der Waals surface area contributed by atoms with E-state index >= 15 is 0 Å². The number of hydrogen-bond donors (Lipinski definition) is 0. The maximum atomic E-state index is 12.4. The summed E-state index contributed by atoms with van der Waals surface area (Å²) in [6.45, 7) is 7.87. The van der Waals surface area contributed by atoms with E-state index in [1.165, 1.54) is 14.2 Å². The molecule has 166 valence electrons. The second-order valence-corrected chi connectivity index (χ2v) is 8.22. The van der Waals surface area contributed by atoms with Gasteiger partial charge in [0.2, 0.25) is 0 Å². The molecule has 0 bridgehead atoms. The van der Waals surface area contributed by atoms with Crippen molar-refractivity contribution in [3.63, 3.8) is 0 Å². The standard InChI is InChI=1S/C21H30N2O7/c1-21(2,3)30-20(25)23-9-7-22(8-10-23)13-11-14(17-19(28-6)29-17)16(18(24)27-5)15(12-13)26-4/h11-12,17,19H,7-10H2,1-6H3. The van der Waals surface area contributed by atoms with Crippen LogP contribution in [0.3, 0.4) is 0 Å². The van der Waals surface area contributed by atoms with E-state index < -0.39 is 17.9 Å². The van der Waals surface area contributed by atoms with Crippen molar-refractivity contribution >= 4 is 17.7 Å². The van der Waals surface area contributed by atoms with Gasteiger partial charge in [-0.2, -0.15) is 0 Å². The molecule has 2 fully saturated rings. The van der Waals surface area contributed by atoms with Gasteiger partial charge >= 0.3 is 12.1 Å². The van der Waals surface area contributed by atoms with Gasteiger partial charge < -0.3 is 33.5 Å². The van der Waals surface area contributed by atoms with Crippen molar-refractivity contribution < 1.29 is 33.3 Å². The molecule has 0 saturated carbocycles. The number of piperazine rings is 1. The number of esters is 1. The van der Waals surface area contributed by atoms with E-state index in [1.807, 2.05) is 32.9 Å². The molecule has 2 unspecified atom stereocenters. The average molecular weight is 422 g/mol. The third-order valence-corrected chi connectivity index (χ3v) is 5.01. The van der Waals surface area contributed by atoms with Crippen LogP contribution < -0.4 is 9.64 Å². The fraction of sp³-hybridized carbons (Fsp3) is 0.619.